The van der Waals surface area contributed by atoms with E-state index in [0.29, 0.717) is 0 Å². The van der Waals surface area contributed by atoms with Crippen molar-refractivity contribution in [3.63, 3.8) is 0 Å². The Morgan fingerprint density at radius 2 is 0.933 bits per heavy atom. The molecule has 0 aromatic heterocycles. The molecule has 0 saturated heterocycles. The van der Waals surface area contributed by atoms with Crippen LogP contribution in [0.4, 0.5) is 0 Å². The van der Waals surface area contributed by atoms with Crippen molar-refractivity contribution in [3.8, 4) is 0 Å². The van der Waals surface area contributed by atoms with Gasteiger partial charge in [0.15, 0.2) is 0 Å². The van der Waals surface area contributed by atoms with Crippen molar-refractivity contribution in [2.75, 3.05) is 19.6 Å². The maximum absolute atomic E-state index is 10.1. The normalized spacial score (nSPS) is 8.60. The molecule has 0 heterocycles. The van der Waals surface area contributed by atoms with Crippen molar-refractivity contribution in [2.45, 2.75) is 0 Å². The zero-order valence-corrected chi connectivity index (χ0v) is 14.9. The maximum Gasteiger partial charge on any atom is 0.317 e. The molecule has 76 valence electrons. The van der Waals surface area contributed by atoms with Gasteiger partial charge in [-0.05, 0) is 0 Å². The van der Waals surface area contributed by atoms with E-state index in [0.717, 1.165) is 4.90 Å². The molecule has 0 spiro atoms. The first-order valence-corrected chi connectivity index (χ1v) is 3.29. The van der Waals surface area contributed by atoms with Gasteiger partial charge in [-0.3, -0.25) is 19.3 Å². The Kier molecular flexibility index (Phi) is 17.7. The third-order valence-electron chi connectivity index (χ3n) is 1.08. The van der Waals surface area contributed by atoms with Gasteiger partial charge in [-0.15, -0.1) is 0 Å². The standard InChI is InChI=1S/C6H9NO6.2K/c8-4(9)1-7(2-5(10)11)3-6(12)13;;/h1-3H2,(H,8,9)(H,10,11)(H,12,13);;. The van der Waals surface area contributed by atoms with Gasteiger partial charge < -0.3 is 15.3 Å². The van der Waals surface area contributed by atoms with Gasteiger partial charge in [0.05, 0.1) is 19.6 Å². The Hall–Kier alpha value is 1.64. The monoisotopic (exact) mass is 269 g/mol. The summed E-state index contributed by atoms with van der Waals surface area (Å²) in [7, 11) is 0. The first-order chi connectivity index (χ1) is 5.91. The van der Waals surface area contributed by atoms with E-state index in [1.165, 1.54) is 0 Å². The molecule has 0 bridgehead atoms. The summed E-state index contributed by atoms with van der Waals surface area (Å²) in [6.45, 7) is -1.80. The third-order valence-corrected chi connectivity index (χ3v) is 1.08. The minimum atomic E-state index is -1.26. The van der Waals surface area contributed by atoms with E-state index in [-0.39, 0.29) is 103 Å². The van der Waals surface area contributed by atoms with Crippen LogP contribution in [-0.2, 0) is 14.4 Å². The maximum atomic E-state index is 10.1. The molecule has 0 aliphatic carbocycles. The summed E-state index contributed by atoms with van der Waals surface area (Å²) in [5, 5.41) is 24.8. The van der Waals surface area contributed by atoms with Crippen LogP contribution in [0.2, 0.25) is 0 Å². The van der Waals surface area contributed by atoms with Gasteiger partial charge in [0.2, 0.25) is 0 Å². The number of carboxylic acids is 3. The summed E-state index contributed by atoms with van der Waals surface area (Å²) in [4.78, 5) is 31.2. The average Bonchev–Trinajstić information content (AvgIpc) is 1.80. The van der Waals surface area contributed by atoms with Crippen LogP contribution in [0.1, 0.15) is 0 Å². The van der Waals surface area contributed by atoms with Gasteiger partial charge in [0.25, 0.3) is 0 Å². The number of nitrogens with zero attached hydrogens (tertiary/aromatic N) is 1. The van der Waals surface area contributed by atoms with Gasteiger partial charge in [-0.1, -0.05) is 0 Å². The minimum Gasteiger partial charge on any atom is -0.480 e. The van der Waals surface area contributed by atoms with Crippen LogP contribution in [-0.4, -0.2) is 161 Å². The molecule has 0 aliphatic rings. The molecule has 0 aromatic rings. The van der Waals surface area contributed by atoms with Crippen molar-refractivity contribution < 1.29 is 29.7 Å². The van der Waals surface area contributed by atoms with Crippen molar-refractivity contribution in [3.05, 3.63) is 0 Å². The van der Waals surface area contributed by atoms with Gasteiger partial charge in [-0.2, -0.15) is 0 Å². The van der Waals surface area contributed by atoms with E-state index in [1.807, 2.05) is 0 Å². The molecule has 2 radical (unpaired) electrons. The summed E-state index contributed by atoms with van der Waals surface area (Å²) in [6, 6.07) is 0. The molecule has 0 aliphatic heterocycles. The van der Waals surface area contributed by atoms with Crippen molar-refractivity contribution in [1.29, 1.82) is 0 Å². The van der Waals surface area contributed by atoms with Gasteiger partial charge in [0, 0.05) is 103 Å². The number of carboxylic acid groups (broad SMARTS) is 3. The number of carbonyl (C=O) groups is 3. The van der Waals surface area contributed by atoms with Crippen LogP contribution in [0.25, 0.3) is 0 Å². The second-order valence-corrected chi connectivity index (χ2v) is 2.33. The quantitative estimate of drug-likeness (QED) is 0.468. The van der Waals surface area contributed by atoms with Gasteiger partial charge >= 0.3 is 17.9 Å². The molecular weight excluding hydrogens is 260 g/mol. The molecule has 3 N–H and O–H groups in total. The Labute approximate surface area is 171 Å². The fourth-order valence-corrected chi connectivity index (χ4v) is 0.742. The smallest absolute Gasteiger partial charge is 0.317 e. The Balaban J connectivity index is -0.000000720. The zero-order chi connectivity index (χ0) is 10.4. The van der Waals surface area contributed by atoms with Crippen molar-refractivity contribution in [1.82, 2.24) is 4.90 Å². The predicted octanol–water partition coefficient (Wildman–Crippen LogP) is -2.22. The first-order valence-electron chi connectivity index (χ1n) is 3.29. The topological polar surface area (TPSA) is 115 Å². The second-order valence-electron chi connectivity index (χ2n) is 2.33. The summed E-state index contributed by atoms with van der Waals surface area (Å²) in [5.41, 5.74) is 0. The third kappa shape index (κ3) is 15.6. The van der Waals surface area contributed by atoms with Crippen LogP contribution in [0.5, 0.6) is 0 Å². The molecular formula is C6H9K2NO6. The van der Waals surface area contributed by atoms with Crippen LogP contribution in [0.3, 0.4) is 0 Å². The number of hydrogen-bond acceptors (Lipinski definition) is 4. The Morgan fingerprint density at radius 1 is 0.733 bits per heavy atom. The molecule has 7 nitrogen and oxygen atoms in total. The second kappa shape index (κ2) is 12.1. The fraction of sp³-hybridized carbons (Fsp3) is 0.500. The molecule has 0 rings (SSSR count). The van der Waals surface area contributed by atoms with Gasteiger partial charge in [0.1, 0.15) is 0 Å². The Bertz CT molecular complexity index is 196. The van der Waals surface area contributed by atoms with Crippen molar-refractivity contribution in [2.24, 2.45) is 0 Å². The fourth-order valence-electron chi connectivity index (χ4n) is 0.742. The molecule has 0 amide bonds. The molecule has 15 heavy (non-hydrogen) atoms. The van der Waals surface area contributed by atoms with Crippen LogP contribution < -0.4 is 0 Å². The molecule has 0 atom stereocenters. The summed E-state index contributed by atoms with van der Waals surface area (Å²) in [6.07, 6.45) is 0. The zero-order valence-electron chi connectivity index (χ0n) is 8.63. The molecule has 9 heteroatoms. The molecule has 0 fully saturated rings. The van der Waals surface area contributed by atoms with Gasteiger partial charge in [-0.25, -0.2) is 0 Å². The molecule has 0 aromatic carbocycles. The van der Waals surface area contributed by atoms with Crippen LogP contribution >= 0.6 is 0 Å². The van der Waals surface area contributed by atoms with E-state index in [9.17, 15) is 14.4 Å². The number of hydrogen-bond donors (Lipinski definition) is 3. The van der Waals surface area contributed by atoms with Crippen molar-refractivity contribution >= 4 is 121 Å². The van der Waals surface area contributed by atoms with Crippen LogP contribution in [0.15, 0.2) is 0 Å². The number of rotatable bonds is 6. The molecule has 0 unspecified atom stereocenters. The SMILES string of the molecule is O=C(O)CN(CC(=O)O)CC(=O)O.[K].[K]. The number of aliphatic carboxylic acids is 3. The van der Waals surface area contributed by atoms with E-state index >= 15 is 0 Å². The minimum absolute atomic E-state index is 0. The van der Waals surface area contributed by atoms with E-state index in [2.05, 4.69) is 0 Å². The molecule has 0 saturated carbocycles. The first kappa shape index (κ1) is 21.9. The van der Waals surface area contributed by atoms with E-state index in [4.69, 9.17) is 15.3 Å². The van der Waals surface area contributed by atoms with E-state index in [1.54, 1.807) is 0 Å². The predicted molar refractivity (Wildman–Crippen MR) is 50.9 cm³/mol. The Morgan fingerprint density at radius 3 is 1.07 bits per heavy atom. The summed E-state index contributed by atoms with van der Waals surface area (Å²) >= 11 is 0. The van der Waals surface area contributed by atoms with Crippen LogP contribution in [0, 0.1) is 0 Å². The summed E-state index contributed by atoms with van der Waals surface area (Å²) < 4.78 is 0. The average molecular weight is 269 g/mol. The largest absolute Gasteiger partial charge is 0.480 e. The van der Waals surface area contributed by atoms with E-state index < -0.39 is 37.5 Å². The summed E-state index contributed by atoms with van der Waals surface area (Å²) in [5.74, 6) is -3.78.